The quantitative estimate of drug-likeness (QED) is 0.209. The van der Waals surface area contributed by atoms with E-state index in [1.54, 1.807) is 0 Å². The first-order chi connectivity index (χ1) is 13.7. The van der Waals surface area contributed by atoms with E-state index in [4.69, 9.17) is 0 Å². The number of thiol groups is 2. The Morgan fingerprint density at radius 2 is 0.871 bits per heavy atom. The first kappa shape index (κ1) is 27.0. The zero-order valence-corrected chi connectivity index (χ0v) is 17.8. The maximum atomic E-state index is 13.3. The minimum Gasteiger partial charge on any atom is -0.166 e. The average Bonchev–Trinajstić information content (AvgIpc) is 3.13. The van der Waals surface area contributed by atoms with Gasteiger partial charge in [-0.05, 0) is 18.3 Å². The number of alkyl halides is 12. The Labute approximate surface area is 186 Å². The highest BCUT2D eigenvalue weighted by atomic mass is 32.2. The van der Waals surface area contributed by atoms with Crippen molar-refractivity contribution < 1.29 is 52.7 Å². The second-order valence-corrected chi connectivity index (χ2v) is 9.73. The van der Waals surface area contributed by atoms with Crippen LogP contribution in [0.2, 0.25) is 0 Å². The van der Waals surface area contributed by atoms with Gasteiger partial charge in [-0.3, -0.25) is 0 Å². The predicted octanol–water partition coefficient (Wildman–Crippen LogP) is 7.93. The van der Waals surface area contributed by atoms with Gasteiger partial charge in [-0.2, -0.15) is 52.7 Å². The molecule has 0 radical (unpaired) electrons. The Kier molecular flexibility index (Phi) is 7.72. The summed E-state index contributed by atoms with van der Waals surface area (Å²) in [6.45, 7) is 0. The molecule has 0 N–H and O–H groups in total. The van der Waals surface area contributed by atoms with Crippen molar-refractivity contribution in [3.63, 3.8) is 0 Å². The smallest absolute Gasteiger partial charge is 0.166 e. The number of hydrogen-bond donors (Lipinski definition) is 2. The summed E-state index contributed by atoms with van der Waals surface area (Å²) in [6.07, 6.45) is -19.4. The van der Waals surface area contributed by atoms with Crippen LogP contribution in [0.1, 0.15) is 6.42 Å². The van der Waals surface area contributed by atoms with Crippen molar-refractivity contribution in [1.29, 1.82) is 0 Å². The molecule has 0 heterocycles. The van der Waals surface area contributed by atoms with Crippen LogP contribution in [-0.4, -0.2) is 35.2 Å². The van der Waals surface area contributed by atoms with Crippen LogP contribution in [0.25, 0.3) is 0 Å². The topological polar surface area (TPSA) is 0 Å². The number of thioether (sulfide) groups is 2. The first-order valence-electron chi connectivity index (χ1n) is 7.91. The van der Waals surface area contributed by atoms with Gasteiger partial charge in [-0.1, -0.05) is 12.2 Å². The third-order valence-corrected chi connectivity index (χ3v) is 8.91. The largest absolute Gasteiger partial charge is 0.423 e. The van der Waals surface area contributed by atoms with Crippen LogP contribution < -0.4 is 0 Å². The lowest BCUT2D eigenvalue weighted by Gasteiger charge is -2.30. The van der Waals surface area contributed by atoms with Crippen LogP contribution >= 0.6 is 48.8 Å². The maximum Gasteiger partial charge on any atom is 0.423 e. The Hall–Kier alpha value is -0.220. The molecule has 1 saturated carbocycles. The molecule has 4 atom stereocenters. The van der Waals surface area contributed by atoms with E-state index in [1.807, 2.05) is 0 Å². The monoisotopic (exact) mass is 546 g/mol. The molecule has 178 valence electrons. The molecule has 1 fully saturated rings. The predicted molar refractivity (Wildman–Crippen MR) is 99.7 cm³/mol. The fourth-order valence-electron chi connectivity index (χ4n) is 3.08. The van der Waals surface area contributed by atoms with E-state index in [-0.39, 0.29) is 29.9 Å². The molecule has 2 aliphatic rings. The van der Waals surface area contributed by atoms with Crippen molar-refractivity contribution in [1.82, 2.24) is 0 Å². The first-order valence-corrected chi connectivity index (χ1v) is 10.6. The lowest BCUT2D eigenvalue weighted by molar-refractivity contribution is -0.103. The Bertz CT molecular complexity index is 720. The van der Waals surface area contributed by atoms with Gasteiger partial charge >= 0.3 is 24.7 Å². The molecular formula is C15H10F12S4. The molecule has 2 aliphatic carbocycles. The van der Waals surface area contributed by atoms with Crippen molar-refractivity contribution in [2.24, 2.45) is 11.8 Å². The summed E-state index contributed by atoms with van der Waals surface area (Å²) in [5.74, 6) is -1.72. The van der Waals surface area contributed by atoms with E-state index in [1.165, 1.54) is 12.2 Å². The zero-order valence-electron chi connectivity index (χ0n) is 14.4. The van der Waals surface area contributed by atoms with Crippen molar-refractivity contribution in [3.05, 3.63) is 31.8 Å². The maximum absolute atomic E-state index is 13.3. The molecule has 0 saturated heterocycles. The Balaban J connectivity index is 2.48. The van der Waals surface area contributed by atoms with E-state index < -0.39 is 66.7 Å². The van der Waals surface area contributed by atoms with Gasteiger partial charge in [0, 0.05) is 10.5 Å². The van der Waals surface area contributed by atoms with E-state index in [9.17, 15) is 52.7 Å². The van der Waals surface area contributed by atoms with E-state index in [0.717, 1.165) is 0 Å². The molecule has 2 bridgehead atoms. The minimum atomic E-state index is -5.53. The molecule has 0 nitrogen and oxygen atoms in total. The lowest BCUT2D eigenvalue weighted by Crippen LogP contribution is -2.30. The Morgan fingerprint density at radius 3 is 1.10 bits per heavy atom. The summed E-state index contributed by atoms with van der Waals surface area (Å²) in [5.41, 5.74) is 0. The third kappa shape index (κ3) is 6.22. The standard InChI is InChI=1S/C15H10F12S4/c16-12(17,18)8(28)10(14(22,23)24)30-6-4-1-2-5(3-4)7(6)31-11(15(25,26)27)9(29)13(19,20)21/h1-2,4-7,28-29H,3H2/b10-8+,11-9+. The lowest BCUT2D eigenvalue weighted by atomic mass is 10.1. The van der Waals surface area contributed by atoms with Crippen LogP contribution in [0.4, 0.5) is 52.7 Å². The number of hydrogen-bond acceptors (Lipinski definition) is 4. The van der Waals surface area contributed by atoms with Crippen molar-refractivity contribution >= 4 is 48.8 Å². The molecule has 31 heavy (non-hydrogen) atoms. The summed E-state index contributed by atoms with van der Waals surface area (Å²) >= 11 is 5.05. The van der Waals surface area contributed by atoms with Crippen LogP contribution in [0.15, 0.2) is 31.8 Å². The van der Waals surface area contributed by atoms with Gasteiger partial charge in [0.1, 0.15) is 19.6 Å². The van der Waals surface area contributed by atoms with Gasteiger partial charge in [-0.25, -0.2) is 0 Å². The highest BCUT2D eigenvalue weighted by Gasteiger charge is 2.54. The summed E-state index contributed by atoms with van der Waals surface area (Å²) in [7, 11) is 0. The van der Waals surface area contributed by atoms with Crippen molar-refractivity contribution in [3.8, 4) is 0 Å². The molecule has 16 heteroatoms. The van der Waals surface area contributed by atoms with E-state index in [0.29, 0.717) is 0 Å². The van der Waals surface area contributed by atoms with E-state index in [2.05, 4.69) is 25.3 Å². The van der Waals surface area contributed by atoms with Gasteiger partial charge in [0.05, 0.1) is 0 Å². The fourth-order valence-corrected chi connectivity index (χ4v) is 6.68. The summed E-state index contributed by atoms with van der Waals surface area (Å²) in [6, 6.07) is 0. The van der Waals surface area contributed by atoms with Crippen LogP contribution in [0.3, 0.4) is 0 Å². The van der Waals surface area contributed by atoms with Gasteiger partial charge in [0.25, 0.3) is 0 Å². The van der Waals surface area contributed by atoms with Gasteiger partial charge in [0.15, 0.2) is 0 Å². The number of rotatable bonds is 4. The minimum absolute atomic E-state index is 0.00650. The van der Waals surface area contributed by atoms with E-state index >= 15 is 0 Å². The normalized spacial score (nSPS) is 28.7. The second kappa shape index (κ2) is 8.85. The van der Waals surface area contributed by atoms with Gasteiger partial charge in [-0.15, -0.1) is 48.8 Å². The fraction of sp³-hybridized carbons (Fsp3) is 0.600. The van der Waals surface area contributed by atoms with Crippen LogP contribution in [0, 0.1) is 11.8 Å². The summed E-state index contributed by atoms with van der Waals surface area (Å²) in [5, 5.41) is -3.01. The highest BCUT2D eigenvalue weighted by molar-refractivity contribution is 8.08. The number of allylic oxidation sites excluding steroid dienone is 6. The zero-order chi connectivity index (χ0) is 24.2. The highest BCUT2D eigenvalue weighted by Crippen LogP contribution is 2.58. The van der Waals surface area contributed by atoms with Gasteiger partial charge in [0.2, 0.25) is 0 Å². The summed E-state index contributed by atoms with van der Waals surface area (Å²) in [4.78, 5) is -8.90. The Morgan fingerprint density at radius 1 is 0.581 bits per heavy atom. The molecule has 0 spiro atoms. The van der Waals surface area contributed by atoms with Crippen molar-refractivity contribution in [2.45, 2.75) is 41.6 Å². The molecule has 0 aromatic heterocycles. The van der Waals surface area contributed by atoms with Crippen molar-refractivity contribution in [2.75, 3.05) is 0 Å². The SMILES string of the molecule is FC(F)(F)/C(S)=C(\SC1C2C=CC(C2)C1S/C(=C(/S)C(F)(F)F)C(F)(F)F)C(F)(F)F. The molecule has 2 rings (SSSR count). The molecule has 0 aromatic carbocycles. The molecular weight excluding hydrogens is 536 g/mol. The van der Waals surface area contributed by atoms with Crippen LogP contribution in [-0.2, 0) is 0 Å². The third-order valence-electron chi connectivity index (χ3n) is 4.31. The molecule has 0 amide bonds. The summed E-state index contributed by atoms with van der Waals surface area (Å²) < 4.78 is 157. The average molecular weight is 546 g/mol. The molecule has 4 unspecified atom stereocenters. The number of halogens is 12. The van der Waals surface area contributed by atoms with Gasteiger partial charge < -0.3 is 0 Å². The van der Waals surface area contributed by atoms with Crippen LogP contribution in [0.5, 0.6) is 0 Å². The molecule has 0 aliphatic heterocycles. The second-order valence-electron chi connectivity index (χ2n) is 6.46. The molecule has 0 aromatic rings. The number of fused-ring (bicyclic) bond motifs is 2.